The Balaban J connectivity index is 1.90. The number of anilines is 1. The molecule has 2 N–H and O–H groups in total. The normalized spacial score (nSPS) is 11.9. The number of ether oxygens (including phenoxy) is 2. The molecular formula is C18H13F4N3O5S. The molecular weight excluding hydrogens is 446 g/mol. The number of halogens is 4. The third kappa shape index (κ3) is 4.30. The Morgan fingerprint density at radius 1 is 1.13 bits per heavy atom. The second-order valence-electron chi connectivity index (χ2n) is 5.99. The Morgan fingerprint density at radius 2 is 1.77 bits per heavy atom. The molecule has 31 heavy (non-hydrogen) atoms. The zero-order valence-electron chi connectivity index (χ0n) is 15.6. The monoisotopic (exact) mass is 459 g/mol. The highest BCUT2D eigenvalue weighted by atomic mass is 32.2. The summed E-state index contributed by atoms with van der Waals surface area (Å²) in [5.74, 6) is -4.07. The molecule has 0 fully saturated rings. The molecule has 3 aromatic rings. The van der Waals surface area contributed by atoms with E-state index in [2.05, 4.69) is 5.10 Å². The standard InChI is InChI=1S/C18H13F4N3O5S/c1-29-10-5-7-11(8-6-10)31(27,28)25-14(23)9-15(24-25)30-17(26)12-3-2-4-13(16(12)19)18(20,21)22/h2-9H,23H2,1H3. The molecule has 0 bridgehead atoms. The van der Waals surface area contributed by atoms with Gasteiger partial charge in [0, 0.05) is 6.07 Å². The SMILES string of the molecule is COc1ccc(S(=O)(=O)n2nc(OC(=O)c3cccc(C(F)(F)F)c3F)cc2N)cc1. The van der Waals surface area contributed by atoms with Gasteiger partial charge in [-0.2, -0.15) is 21.6 Å². The summed E-state index contributed by atoms with van der Waals surface area (Å²) >= 11 is 0. The maximum atomic E-state index is 14.1. The Bertz CT molecular complexity index is 1240. The first-order valence-electron chi connectivity index (χ1n) is 8.28. The molecule has 1 heterocycles. The van der Waals surface area contributed by atoms with E-state index in [0.717, 1.165) is 18.2 Å². The van der Waals surface area contributed by atoms with Gasteiger partial charge in [0.2, 0.25) is 5.88 Å². The minimum atomic E-state index is -5.03. The fourth-order valence-corrected chi connectivity index (χ4v) is 3.70. The molecule has 0 atom stereocenters. The van der Waals surface area contributed by atoms with Crippen LogP contribution in [0, 0.1) is 5.82 Å². The van der Waals surface area contributed by atoms with Gasteiger partial charge >= 0.3 is 12.1 Å². The van der Waals surface area contributed by atoms with Crippen molar-refractivity contribution < 1.29 is 40.2 Å². The first kappa shape index (κ1) is 22.1. The third-order valence-electron chi connectivity index (χ3n) is 3.99. The van der Waals surface area contributed by atoms with E-state index < -0.39 is 50.8 Å². The smallest absolute Gasteiger partial charge is 0.419 e. The average molecular weight is 459 g/mol. The Morgan fingerprint density at radius 3 is 2.35 bits per heavy atom. The van der Waals surface area contributed by atoms with Crippen LogP contribution in [0.25, 0.3) is 0 Å². The van der Waals surface area contributed by atoms with Gasteiger partial charge in [-0.15, -0.1) is 9.19 Å². The highest BCUT2D eigenvalue weighted by Gasteiger charge is 2.36. The molecule has 3 rings (SSSR count). The fourth-order valence-electron chi connectivity index (χ4n) is 2.51. The largest absolute Gasteiger partial charge is 0.497 e. The number of nitrogens with two attached hydrogens (primary N) is 1. The summed E-state index contributed by atoms with van der Waals surface area (Å²) in [6.45, 7) is 0. The van der Waals surface area contributed by atoms with E-state index in [1.807, 2.05) is 0 Å². The quantitative estimate of drug-likeness (QED) is 0.461. The van der Waals surface area contributed by atoms with Crippen molar-refractivity contribution in [2.45, 2.75) is 11.1 Å². The van der Waals surface area contributed by atoms with E-state index >= 15 is 0 Å². The highest BCUT2D eigenvalue weighted by Crippen LogP contribution is 2.32. The van der Waals surface area contributed by atoms with Gasteiger partial charge in [-0.05, 0) is 36.4 Å². The van der Waals surface area contributed by atoms with Gasteiger partial charge in [-0.3, -0.25) is 0 Å². The van der Waals surface area contributed by atoms with Crippen LogP contribution in [0.2, 0.25) is 0 Å². The number of aromatic nitrogens is 2. The summed E-state index contributed by atoms with van der Waals surface area (Å²) in [6, 6.07) is 8.11. The lowest BCUT2D eigenvalue weighted by molar-refractivity contribution is -0.140. The predicted octanol–water partition coefficient (Wildman–Crippen LogP) is 3.09. The summed E-state index contributed by atoms with van der Waals surface area (Å²) in [6.07, 6.45) is -5.03. The lowest BCUT2D eigenvalue weighted by Crippen LogP contribution is -2.18. The fraction of sp³-hybridized carbons (Fsp3) is 0.111. The van der Waals surface area contributed by atoms with E-state index in [0.29, 0.717) is 15.9 Å². The number of nitrogens with zero attached hydrogens (tertiary/aromatic N) is 2. The lowest BCUT2D eigenvalue weighted by Gasteiger charge is -2.10. The molecule has 0 aliphatic carbocycles. The number of hydrogen-bond donors (Lipinski definition) is 1. The van der Waals surface area contributed by atoms with E-state index in [-0.39, 0.29) is 4.90 Å². The van der Waals surface area contributed by atoms with E-state index in [1.165, 1.54) is 31.4 Å². The first-order chi connectivity index (χ1) is 14.4. The zero-order valence-corrected chi connectivity index (χ0v) is 16.4. The van der Waals surface area contributed by atoms with Crippen molar-refractivity contribution in [3.63, 3.8) is 0 Å². The van der Waals surface area contributed by atoms with Gasteiger partial charge in [0.25, 0.3) is 10.0 Å². The number of alkyl halides is 3. The van der Waals surface area contributed by atoms with Crippen molar-refractivity contribution in [3.05, 3.63) is 65.5 Å². The van der Waals surface area contributed by atoms with Crippen molar-refractivity contribution in [1.29, 1.82) is 0 Å². The Kier molecular flexibility index (Phi) is 5.63. The molecule has 1 aromatic heterocycles. The van der Waals surface area contributed by atoms with E-state index in [1.54, 1.807) is 0 Å². The molecule has 0 unspecified atom stereocenters. The lowest BCUT2D eigenvalue weighted by atomic mass is 10.1. The zero-order chi connectivity index (χ0) is 23.0. The molecule has 0 amide bonds. The predicted molar refractivity (Wildman–Crippen MR) is 98.6 cm³/mol. The molecule has 0 aliphatic heterocycles. The minimum Gasteiger partial charge on any atom is -0.497 e. The van der Waals surface area contributed by atoms with Crippen molar-refractivity contribution in [3.8, 4) is 11.6 Å². The Labute approximate surface area is 172 Å². The van der Waals surface area contributed by atoms with Crippen LogP contribution in [-0.4, -0.2) is 30.7 Å². The second kappa shape index (κ2) is 7.91. The number of methoxy groups -OCH3 is 1. The number of esters is 1. The average Bonchev–Trinajstić information content (AvgIpc) is 3.08. The highest BCUT2D eigenvalue weighted by molar-refractivity contribution is 7.90. The number of hydrogen-bond acceptors (Lipinski definition) is 7. The van der Waals surface area contributed by atoms with Crippen LogP contribution in [-0.2, 0) is 16.2 Å². The van der Waals surface area contributed by atoms with Crippen molar-refractivity contribution >= 4 is 21.8 Å². The summed E-state index contributed by atoms with van der Waals surface area (Å²) in [7, 11) is -2.91. The number of benzene rings is 2. The second-order valence-corrected chi connectivity index (χ2v) is 7.75. The van der Waals surface area contributed by atoms with E-state index in [4.69, 9.17) is 15.2 Å². The Hall–Kier alpha value is -3.61. The minimum absolute atomic E-state index is 0.218. The molecule has 13 heteroatoms. The summed E-state index contributed by atoms with van der Waals surface area (Å²) in [5.41, 5.74) is 2.96. The van der Waals surface area contributed by atoms with Gasteiger partial charge in [-0.25, -0.2) is 9.18 Å². The van der Waals surface area contributed by atoms with Crippen LogP contribution in [0.1, 0.15) is 15.9 Å². The molecule has 0 aliphatic rings. The molecule has 0 radical (unpaired) electrons. The first-order valence-corrected chi connectivity index (χ1v) is 9.72. The van der Waals surface area contributed by atoms with E-state index in [9.17, 15) is 30.8 Å². The van der Waals surface area contributed by atoms with Gasteiger partial charge in [0.15, 0.2) is 0 Å². The van der Waals surface area contributed by atoms with Crippen molar-refractivity contribution in [2.24, 2.45) is 0 Å². The van der Waals surface area contributed by atoms with Gasteiger partial charge < -0.3 is 15.2 Å². The summed E-state index contributed by atoms with van der Waals surface area (Å²) < 4.78 is 88.0. The number of carbonyl (C=O) groups is 1. The maximum absolute atomic E-state index is 14.1. The van der Waals surface area contributed by atoms with Crippen molar-refractivity contribution in [2.75, 3.05) is 12.8 Å². The van der Waals surface area contributed by atoms with Crippen LogP contribution in [0.15, 0.2) is 53.4 Å². The van der Waals surface area contributed by atoms with Gasteiger partial charge in [0.05, 0.1) is 23.1 Å². The van der Waals surface area contributed by atoms with Crippen LogP contribution in [0.5, 0.6) is 11.6 Å². The molecule has 0 saturated heterocycles. The molecule has 0 saturated carbocycles. The molecule has 8 nitrogen and oxygen atoms in total. The van der Waals surface area contributed by atoms with Crippen molar-refractivity contribution in [1.82, 2.24) is 9.19 Å². The topological polar surface area (TPSA) is 114 Å². The van der Waals surface area contributed by atoms with Crippen LogP contribution in [0.4, 0.5) is 23.4 Å². The van der Waals surface area contributed by atoms with Gasteiger partial charge in [-0.1, -0.05) is 6.07 Å². The maximum Gasteiger partial charge on any atom is 0.419 e. The van der Waals surface area contributed by atoms with Crippen LogP contribution in [0.3, 0.4) is 0 Å². The van der Waals surface area contributed by atoms with Crippen LogP contribution >= 0.6 is 0 Å². The molecule has 164 valence electrons. The number of carbonyl (C=O) groups excluding carboxylic acids is 1. The number of nitrogen functional groups attached to an aromatic ring is 1. The van der Waals surface area contributed by atoms with Gasteiger partial charge in [0.1, 0.15) is 17.4 Å². The molecule has 0 spiro atoms. The number of rotatable bonds is 5. The molecule has 2 aromatic carbocycles. The summed E-state index contributed by atoms with van der Waals surface area (Å²) in [4.78, 5) is 11.9. The van der Waals surface area contributed by atoms with Crippen LogP contribution < -0.4 is 15.2 Å². The summed E-state index contributed by atoms with van der Waals surface area (Å²) in [5, 5.41) is 3.55. The third-order valence-corrected chi connectivity index (χ3v) is 5.60.